The van der Waals surface area contributed by atoms with Crippen LogP contribution in [0.4, 0.5) is 5.69 Å². The van der Waals surface area contributed by atoms with Gasteiger partial charge in [0.25, 0.3) is 5.91 Å². The van der Waals surface area contributed by atoms with Crippen molar-refractivity contribution in [3.05, 3.63) is 90.5 Å². The number of benzene rings is 2. The highest BCUT2D eigenvalue weighted by atomic mass is 16.2. The highest BCUT2D eigenvalue weighted by molar-refractivity contribution is 5.98. The Labute approximate surface area is 163 Å². The summed E-state index contributed by atoms with van der Waals surface area (Å²) >= 11 is 0. The van der Waals surface area contributed by atoms with Crippen LogP contribution in [0.3, 0.4) is 0 Å². The summed E-state index contributed by atoms with van der Waals surface area (Å²) in [6, 6.07) is 19.5. The largest absolute Gasteiger partial charge is 0.336 e. The lowest BCUT2D eigenvalue weighted by molar-refractivity contribution is -0.126. The third kappa shape index (κ3) is 3.76. The van der Waals surface area contributed by atoms with Crippen molar-refractivity contribution in [3.8, 4) is 0 Å². The van der Waals surface area contributed by atoms with Crippen molar-refractivity contribution in [1.29, 1.82) is 0 Å². The molecule has 0 aliphatic carbocycles. The fourth-order valence-electron chi connectivity index (χ4n) is 3.26. The molecule has 4 rings (SSSR count). The van der Waals surface area contributed by atoms with Crippen LogP contribution < -0.4 is 4.90 Å². The SMILES string of the molecule is O=C(c1cnccn1)N1CC(C(=O)N(Cc2ccccc2)c2ccccc2)C1. The number of amides is 2. The van der Waals surface area contributed by atoms with Crippen molar-refractivity contribution < 1.29 is 9.59 Å². The first-order chi connectivity index (χ1) is 13.7. The molecule has 0 radical (unpaired) electrons. The number of rotatable bonds is 5. The third-order valence-electron chi connectivity index (χ3n) is 4.82. The maximum atomic E-state index is 13.2. The predicted octanol–water partition coefficient (Wildman–Crippen LogP) is 2.78. The first-order valence-electron chi connectivity index (χ1n) is 9.18. The molecule has 6 nitrogen and oxygen atoms in total. The average molecular weight is 372 g/mol. The number of hydrogen-bond acceptors (Lipinski definition) is 4. The van der Waals surface area contributed by atoms with E-state index in [2.05, 4.69) is 9.97 Å². The topological polar surface area (TPSA) is 66.4 Å². The molecular formula is C22H20N4O2. The maximum absolute atomic E-state index is 13.2. The molecule has 1 fully saturated rings. The third-order valence-corrected chi connectivity index (χ3v) is 4.82. The quantitative estimate of drug-likeness (QED) is 0.691. The summed E-state index contributed by atoms with van der Waals surface area (Å²) in [4.78, 5) is 37.0. The predicted molar refractivity (Wildman–Crippen MR) is 105 cm³/mol. The summed E-state index contributed by atoms with van der Waals surface area (Å²) in [6.07, 6.45) is 4.47. The number of anilines is 1. The van der Waals surface area contributed by atoms with Crippen LogP contribution in [0, 0.1) is 5.92 Å². The fraction of sp³-hybridized carbons (Fsp3) is 0.182. The minimum atomic E-state index is -0.218. The molecule has 2 aromatic carbocycles. The Morgan fingerprint density at radius 2 is 1.64 bits per heavy atom. The van der Waals surface area contributed by atoms with Gasteiger partial charge in [-0.25, -0.2) is 4.98 Å². The first kappa shape index (κ1) is 17.9. The normalized spacial score (nSPS) is 13.6. The smallest absolute Gasteiger partial charge is 0.274 e. The van der Waals surface area contributed by atoms with Gasteiger partial charge in [0.05, 0.1) is 18.7 Å². The molecule has 1 saturated heterocycles. The summed E-state index contributed by atoms with van der Waals surface area (Å²) in [6.45, 7) is 1.29. The van der Waals surface area contributed by atoms with E-state index in [-0.39, 0.29) is 17.7 Å². The van der Waals surface area contributed by atoms with Crippen molar-refractivity contribution in [3.63, 3.8) is 0 Å². The number of carbonyl (C=O) groups is 2. The van der Waals surface area contributed by atoms with Crippen molar-refractivity contribution >= 4 is 17.5 Å². The second-order valence-electron chi connectivity index (χ2n) is 6.74. The molecular weight excluding hydrogens is 352 g/mol. The van der Waals surface area contributed by atoms with Crippen molar-refractivity contribution in [2.45, 2.75) is 6.54 Å². The number of hydrogen-bond donors (Lipinski definition) is 0. The molecule has 0 unspecified atom stereocenters. The fourth-order valence-corrected chi connectivity index (χ4v) is 3.26. The van der Waals surface area contributed by atoms with Crippen LogP contribution >= 0.6 is 0 Å². The lowest BCUT2D eigenvalue weighted by Gasteiger charge is -2.40. The van der Waals surface area contributed by atoms with Crippen LogP contribution in [-0.4, -0.2) is 39.8 Å². The van der Waals surface area contributed by atoms with Gasteiger partial charge < -0.3 is 9.80 Å². The van der Waals surface area contributed by atoms with Gasteiger partial charge in [0.15, 0.2) is 0 Å². The molecule has 2 amide bonds. The second-order valence-corrected chi connectivity index (χ2v) is 6.74. The van der Waals surface area contributed by atoms with E-state index in [9.17, 15) is 9.59 Å². The van der Waals surface area contributed by atoms with Crippen molar-refractivity contribution in [2.24, 2.45) is 5.92 Å². The monoisotopic (exact) mass is 372 g/mol. The Bertz CT molecular complexity index is 942. The van der Waals surface area contributed by atoms with Gasteiger partial charge in [-0.05, 0) is 17.7 Å². The highest BCUT2D eigenvalue weighted by Gasteiger charge is 2.39. The van der Waals surface area contributed by atoms with Crippen LogP contribution in [0.15, 0.2) is 79.3 Å². The van der Waals surface area contributed by atoms with Crippen LogP contribution in [0.2, 0.25) is 0 Å². The number of carbonyl (C=O) groups excluding carboxylic acids is 2. The molecule has 2 heterocycles. The molecule has 0 atom stereocenters. The molecule has 0 bridgehead atoms. The van der Waals surface area contributed by atoms with E-state index >= 15 is 0 Å². The van der Waals surface area contributed by atoms with Gasteiger partial charge in [0.1, 0.15) is 5.69 Å². The number of para-hydroxylation sites is 1. The van der Waals surface area contributed by atoms with Crippen LogP contribution in [0.25, 0.3) is 0 Å². The Balaban J connectivity index is 1.47. The van der Waals surface area contributed by atoms with Crippen LogP contribution in [-0.2, 0) is 11.3 Å². The second kappa shape index (κ2) is 8.00. The van der Waals surface area contributed by atoms with Gasteiger partial charge in [-0.1, -0.05) is 48.5 Å². The molecule has 140 valence electrons. The molecule has 0 N–H and O–H groups in total. The molecule has 1 aliphatic rings. The van der Waals surface area contributed by atoms with Crippen LogP contribution in [0.5, 0.6) is 0 Å². The minimum absolute atomic E-state index is 0.0262. The number of nitrogens with zero attached hydrogens (tertiary/aromatic N) is 4. The zero-order valence-electron chi connectivity index (χ0n) is 15.3. The number of likely N-dealkylation sites (tertiary alicyclic amines) is 1. The van der Waals surface area contributed by atoms with E-state index < -0.39 is 0 Å². The molecule has 6 heteroatoms. The molecule has 1 aliphatic heterocycles. The van der Waals surface area contributed by atoms with Gasteiger partial charge in [-0.2, -0.15) is 0 Å². The molecule has 1 aromatic heterocycles. The van der Waals surface area contributed by atoms with Crippen LogP contribution in [0.1, 0.15) is 16.1 Å². The summed E-state index contributed by atoms with van der Waals surface area (Å²) in [5, 5.41) is 0. The first-order valence-corrected chi connectivity index (χ1v) is 9.18. The zero-order valence-corrected chi connectivity index (χ0v) is 15.3. The standard InChI is InChI=1S/C22H20N4O2/c27-21(18-15-25(16-18)22(28)20-13-23-11-12-24-20)26(19-9-5-2-6-10-19)14-17-7-3-1-4-8-17/h1-13,18H,14-16H2. The van der Waals surface area contributed by atoms with E-state index in [0.717, 1.165) is 11.3 Å². The van der Waals surface area contributed by atoms with Gasteiger partial charge in [-0.15, -0.1) is 0 Å². The Kier molecular flexibility index (Phi) is 5.10. The zero-order chi connectivity index (χ0) is 19.3. The average Bonchev–Trinajstić information content (AvgIpc) is 2.73. The van der Waals surface area contributed by atoms with E-state index in [1.54, 1.807) is 9.80 Å². The van der Waals surface area contributed by atoms with Gasteiger partial charge in [-0.3, -0.25) is 14.6 Å². The Morgan fingerprint density at radius 3 is 2.29 bits per heavy atom. The van der Waals surface area contributed by atoms with Gasteiger partial charge in [0, 0.05) is 31.2 Å². The van der Waals surface area contributed by atoms with Gasteiger partial charge in [0.2, 0.25) is 5.91 Å². The van der Waals surface area contributed by atoms with E-state index in [0.29, 0.717) is 25.3 Å². The lowest BCUT2D eigenvalue weighted by Crippen LogP contribution is -2.56. The molecule has 28 heavy (non-hydrogen) atoms. The van der Waals surface area contributed by atoms with E-state index in [4.69, 9.17) is 0 Å². The molecule has 0 saturated carbocycles. The maximum Gasteiger partial charge on any atom is 0.274 e. The summed E-state index contributed by atoms with van der Waals surface area (Å²) < 4.78 is 0. The molecule has 3 aromatic rings. The van der Waals surface area contributed by atoms with Crippen molar-refractivity contribution in [1.82, 2.24) is 14.9 Å². The van der Waals surface area contributed by atoms with Gasteiger partial charge >= 0.3 is 0 Å². The van der Waals surface area contributed by atoms with Crippen molar-refractivity contribution in [2.75, 3.05) is 18.0 Å². The van der Waals surface area contributed by atoms with E-state index in [1.165, 1.54) is 18.6 Å². The number of aromatic nitrogens is 2. The summed E-state index contributed by atoms with van der Waals surface area (Å²) in [5.41, 5.74) is 2.22. The summed E-state index contributed by atoms with van der Waals surface area (Å²) in [5.74, 6) is -0.380. The summed E-state index contributed by atoms with van der Waals surface area (Å²) in [7, 11) is 0. The Hall–Kier alpha value is -3.54. The Morgan fingerprint density at radius 1 is 0.964 bits per heavy atom. The highest BCUT2D eigenvalue weighted by Crippen LogP contribution is 2.25. The van der Waals surface area contributed by atoms with E-state index in [1.807, 2.05) is 60.7 Å². The lowest BCUT2D eigenvalue weighted by atomic mass is 9.97. The minimum Gasteiger partial charge on any atom is -0.336 e. The molecule has 0 spiro atoms.